The molecule has 0 aliphatic carbocycles. The van der Waals surface area contributed by atoms with Gasteiger partial charge < -0.3 is 5.32 Å². The Morgan fingerprint density at radius 2 is 1.89 bits per heavy atom. The van der Waals surface area contributed by atoms with Crippen molar-refractivity contribution in [1.82, 2.24) is 10.6 Å². The molecule has 0 aliphatic heterocycles. The van der Waals surface area contributed by atoms with Gasteiger partial charge in [-0.25, -0.2) is 0 Å². The zero-order valence-corrected chi connectivity index (χ0v) is 12.6. The van der Waals surface area contributed by atoms with Gasteiger partial charge in [-0.2, -0.15) is 0 Å². The second-order valence-corrected chi connectivity index (χ2v) is 5.24. The highest BCUT2D eigenvalue weighted by atomic mass is 35.5. The van der Waals surface area contributed by atoms with Crippen LogP contribution in [0.5, 0.6) is 0 Å². The summed E-state index contributed by atoms with van der Waals surface area (Å²) >= 11 is 5.86. The molecular weight excluding hydrogens is 260 g/mol. The van der Waals surface area contributed by atoms with E-state index in [-0.39, 0.29) is 18.0 Å². The fraction of sp³-hybridized carbons (Fsp3) is 0.533. The van der Waals surface area contributed by atoms with Gasteiger partial charge in [0.25, 0.3) is 0 Å². The molecule has 0 aromatic heterocycles. The minimum atomic E-state index is -0.206. The van der Waals surface area contributed by atoms with Crippen molar-refractivity contribution in [2.75, 3.05) is 6.54 Å². The Morgan fingerprint density at radius 1 is 1.26 bits per heavy atom. The minimum absolute atomic E-state index is 0.0502. The minimum Gasteiger partial charge on any atom is -0.355 e. The van der Waals surface area contributed by atoms with Crippen molar-refractivity contribution in [3.05, 3.63) is 34.9 Å². The number of benzene rings is 1. The third-order valence-electron chi connectivity index (χ3n) is 3.09. The van der Waals surface area contributed by atoms with E-state index in [1.165, 1.54) is 0 Å². The number of nitrogens with one attached hydrogen (secondary N) is 2. The Labute approximate surface area is 120 Å². The van der Waals surface area contributed by atoms with E-state index >= 15 is 0 Å². The number of carbonyl (C=O) groups excluding carboxylic acids is 1. The van der Waals surface area contributed by atoms with Gasteiger partial charge in [-0.05, 0) is 38.0 Å². The number of amides is 1. The molecule has 106 valence electrons. The van der Waals surface area contributed by atoms with Crippen molar-refractivity contribution in [1.29, 1.82) is 0 Å². The van der Waals surface area contributed by atoms with Crippen LogP contribution in [0.25, 0.3) is 0 Å². The second-order valence-electron chi connectivity index (χ2n) is 4.81. The standard InChI is InChI=1S/C15H23ClN2O/c1-4-5-10-17-15(19)12(3)18-11(2)13-6-8-14(16)9-7-13/h6-9,11-12,18H,4-5,10H2,1-3H3,(H,17,19)/t11-,12?/m1/s1. The van der Waals surface area contributed by atoms with E-state index in [9.17, 15) is 4.79 Å². The molecule has 0 saturated carbocycles. The first-order chi connectivity index (χ1) is 9.04. The smallest absolute Gasteiger partial charge is 0.236 e. The Balaban J connectivity index is 2.44. The number of hydrogen-bond donors (Lipinski definition) is 2. The van der Waals surface area contributed by atoms with Gasteiger partial charge in [0.15, 0.2) is 0 Å². The summed E-state index contributed by atoms with van der Waals surface area (Å²) in [6, 6.07) is 7.58. The van der Waals surface area contributed by atoms with Crippen LogP contribution in [-0.2, 0) is 4.79 Å². The quantitative estimate of drug-likeness (QED) is 0.754. The first kappa shape index (κ1) is 16.0. The van der Waals surface area contributed by atoms with Crippen LogP contribution in [0.2, 0.25) is 5.02 Å². The third-order valence-corrected chi connectivity index (χ3v) is 3.34. The molecule has 0 bridgehead atoms. The summed E-state index contributed by atoms with van der Waals surface area (Å²) in [5.74, 6) is 0.0502. The number of hydrogen-bond acceptors (Lipinski definition) is 2. The average molecular weight is 283 g/mol. The molecule has 3 nitrogen and oxygen atoms in total. The fourth-order valence-corrected chi connectivity index (χ4v) is 1.97. The molecule has 0 aliphatic rings. The van der Waals surface area contributed by atoms with Gasteiger partial charge in [-0.3, -0.25) is 10.1 Å². The van der Waals surface area contributed by atoms with Crippen molar-refractivity contribution < 1.29 is 4.79 Å². The van der Waals surface area contributed by atoms with Crippen LogP contribution in [0.15, 0.2) is 24.3 Å². The van der Waals surface area contributed by atoms with Crippen molar-refractivity contribution in [3.63, 3.8) is 0 Å². The van der Waals surface area contributed by atoms with E-state index in [0.29, 0.717) is 0 Å². The summed E-state index contributed by atoms with van der Waals surface area (Å²) in [6.45, 7) is 6.78. The van der Waals surface area contributed by atoms with Crippen LogP contribution in [0.1, 0.15) is 45.2 Å². The molecule has 0 fully saturated rings. The summed E-state index contributed by atoms with van der Waals surface area (Å²) in [7, 11) is 0. The Kier molecular flexibility index (Phi) is 6.89. The lowest BCUT2D eigenvalue weighted by Crippen LogP contribution is -2.43. The Hall–Kier alpha value is -1.06. The highest BCUT2D eigenvalue weighted by Gasteiger charge is 2.15. The van der Waals surface area contributed by atoms with Crippen molar-refractivity contribution >= 4 is 17.5 Å². The maximum absolute atomic E-state index is 11.8. The predicted octanol–water partition coefficient (Wildman–Crippen LogP) is 3.30. The van der Waals surface area contributed by atoms with Gasteiger partial charge in [0.2, 0.25) is 5.91 Å². The van der Waals surface area contributed by atoms with E-state index in [1.54, 1.807) is 0 Å². The van der Waals surface area contributed by atoms with Crippen LogP contribution in [0.3, 0.4) is 0 Å². The van der Waals surface area contributed by atoms with Crippen LogP contribution in [0, 0.1) is 0 Å². The van der Waals surface area contributed by atoms with Gasteiger partial charge in [0.05, 0.1) is 6.04 Å². The number of carbonyl (C=O) groups is 1. The van der Waals surface area contributed by atoms with Crippen molar-refractivity contribution in [2.45, 2.75) is 45.7 Å². The van der Waals surface area contributed by atoms with E-state index in [0.717, 1.165) is 30.0 Å². The lowest BCUT2D eigenvalue weighted by Gasteiger charge is -2.20. The predicted molar refractivity (Wildman–Crippen MR) is 80.4 cm³/mol. The number of rotatable bonds is 7. The molecule has 0 spiro atoms. The highest BCUT2D eigenvalue weighted by Crippen LogP contribution is 2.16. The molecule has 1 rings (SSSR count). The van der Waals surface area contributed by atoms with E-state index < -0.39 is 0 Å². The highest BCUT2D eigenvalue weighted by molar-refractivity contribution is 6.30. The van der Waals surface area contributed by atoms with Crippen LogP contribution in [0.4, 0.5) is 0 Å². The SMILES string of the molecule is CCCCNC(=O)C(C)N[C@H](C)c1ccc(Cl)cc1. The van der Waals surface area contributed by atoms with Crippen molar-refractivity contribution in [2.24, 2.45) is 0 Å². The Bertz CT molecular complexity index is 392. The largest absolute Gasteiger partial charge is 0.355 e. The molecule has 0 saturated heterocycles. The van der Waals surface area contributed by atoms with Gasteiger partial charge in [0, 0.05) is 17.6 Å². The molecule has 2 N–H and O–H groups in total. The molecule has 1 aromatic carbocycles. The van der Waals surface area contributed by atoms with Gasteiger partial charge >= 0.3 is 0 Å². The zero-order valence-electron chi connectivity index (χ0n) is 11.9. The molecule has 1 amide bonds. The molecule has 2 atom stereocenters. The van der Waals surface area contributed by atoms with Gasteiger partial charge in [-0.15, -0.1) is 0 Å². The van der Waals surface area contributed by atoms with Gasteiger partial charge in [0.1, 0.15) is 0 Å². The zero-order chi connectivity index (χ0) is 14.3. The lowest BCUT2D eigenvalue weighted by atomic mass is 10.1. The first-order valence-corrected chi connectivity index (χ1v) is 7.21. The van der Waals surface area contributed by atoms with E-state index in [4.69, 9.17) is 11.6 Å². The molecule has 4 heteroatoms. The first-order valence-electron chi connectivity index (χ1n) is 6.83. The maximum atomic E-state index is 11.8. The second kappa shape index (κ2) is 8.18. The Morgan fingerprint density at radius 3 is 2.47 bits per heavy atom. The molecule has 1 unspecified atom stereocenters. The average Bonchev–Trinajstić information content (AvgIpc) is 2.39. The van der Waals surface area contributed by atoms with E-state index in [1.807, 2.05) is 38.1 Å². The van der Waals surface area contributed by atoms with Gasteiger partial charge in [-0.1, -0.05) is 37.1 Å². The van der Waals surface area contributed by atoms with Crippen LogP contribution >= 0.6 is 11.6 Å². The molecule has 0 radical (unpaired) electrons. The van der Waals surface area contributed by atoms with Crippen LogP contribution in [-0.4, -0.2) is 18.5 Å². The number of halogens is 1. The maximum Gasteiger partial charge on any atom is 0.236 e. The lowest BCUT2D eigenvalue weighted by molar-refractivity contribution is -0.122. The molecule has 1 aromatic rings. The summed E-state index contributed by atoms with van der Waals surface area (Å²) < 4.78 is 0. The van der Waals surface area contributed by atoms with E-state index in [2.05, 4.69) is 17.6 Å². The van der Waals surface area contributed by atoms with Crippen molar-refractivity contribution in [3.8, 4) is 0 Å². The normalized spacial score (nSPS) is 13.9. The summed E-state index contributed by atoms with van der Waals surface area (Å²) in [5, 5.41) is 6.94. The summed E-state index contributed by atoms with van der Waals surface area (Å²) in [6.07, 6.45) is 2.11. The monoisotopic (exact) mass is 282 g/mol. The fourth-order valence-electron chi connectivity index (χ4n) is 1.84. The molecule has 19 heavy (non-hydrogen) atoms. The molecular formula is C15H23ClN2O. The molecule has 0 heterocycles. The topological polar surface area (TPSA) is 41.1 Å². The van der Waals surface area contributed by atoms with Crippen LogP contribution < -0.4 is 10.6 Å². The summed E-state index contributed by atoms with van der Waals surface area (Å²) in [5.41, 5.74) is 1.12. The third kappa shape index (κ3) is 5.62. The number of unbranched alkanes of at least 4 members (excludes halogenated alkanes) is 1. The summed E-state index contributed by atoms with van der Waals surface area (Å²) in [4.78, 5) is 11.8.